The Morgan fingerprint density at radius 3 is 2.21 bits per heavy atom. The van der Waals surface area contributed by atoms with Crippen molar-refractivity contribution in [3.63, 3.8) is 0 Å². The first kappa shape index (κ1) is 18.7. The minimum Gasteiger partial charge on any atom is -1.00 e. The molecule has 6 heteroatoms. The minimum absolute atomic E-state index is 0. The number of amides is 1. The first-order chi connectivity index (χ1) is 8.28. The second-order valence-corrected chi connectivity index (χ2v) is 5.94. The fourth-order valence-corrected chi connectivity index (χ4v) is 2.16. The topological polar surface area (TPSA) is 75.6 Å². The van der Waals surface area contributed by atoms with Crippen LogP contribution in [0.25, 0.3) is 0 Å². The summed E-state index contributed by atoms with van der Waals surface area (Å²) in [5.41, 5.74) is -0.481. The van der Waals surface area contributed by atoms with Crippen LogP contribution >= 0.6 is 0 Å². The van der Waals surface area contributed by atoms with E-state index in [1.54, 1.807) is 0 Å². The molecule has 0 spiro atoms. The molecule has 1 saturated carbocycles. The van der Waals surface area contributed by atoms with E-state index in [1.807, 2.05) is 20.8 Å². The quantitative estimate of drug-likeness (QED) is 0.685. The zero-order valence-corrected chi connectivity index (χ0v) is 14.4. The van der Waals surface area contributed by atoms with E-state index >= 15 is 0 Å². The van der Waals surface area contributed by atoms with Gasteiger partial charge in [0.2, 0.25) is 0 Å². The normalized spacial score (nSPS) is 23.1. The van der Waals surface area contributed by atoms with Crippen molar-refractivity contribution in [1.29, 1.82) is 0 Å². The van der Waals surface area contributed by atoms with E-state index in [4.69, 9.17) is 9.84 Å². The molecule has 0 aromatic rings. The van der Waals surface area contributed by atoms with Crippen LogP contribution in [-0.4, -0.2) is 29.3 Å². The molecule has 2 N–H and O–H groups in total. The molecule has 0 aromatic heterocycles. The number of rotatable bonds is 3. The predicted molar refractivity (Wildman–Crippen MR) is 68.4 cm³/mol. The molecule has 0 saturated heterocycles. The SMILES string of the molecule is CC(C)(C)OC(=O)NCC1CCC(C(=O)O)CC1.[H-].[Na+]. The number of carboxylic acids is 1. The van der Waals surface area contributed by atoms with Crippen LogP contribution in [0.15, 0.2) is 0 Å². The van der Waals surface area contributed by atoms with Gasteiger partial charge in [0.15, 0.2) is 0 Å². The van der Waals surface area contributed by atoms with Crippen LogP contribution in [0.5, 0.6) is 0 Å². The first-order valence-corrected chi connectivity index (χ1v) is 6.47. The summed E-state index contributed by atoms with van der Waals surface area (Å²) in [6.07, 6.45) is 2.72. The van der Waals surface area contributed by atoms with E-state index in [2.05, 4.69) is 5.32 Å². The summed E-state index contributed by atoms with van der Waals surface area (Å²) < 4.78 is 5.14. The minimum atomic E-state index is -0.700. The van der Waals surface area contributed by atoms with Gasteiger partial charge in [-0.15, -0.1) is 0 Å². The summed E-state index contributed by atoms with van der Waals surface area (Å²) in [7, 11) is 0. The molecule has 0 heterocycles. The number of ether oxygens (including phenoxy) is 1. The van der Waals surface area contributed by atoms with Crippen molar-refractivity contribution in [2.75, 3.05) is 6.54 Å². The number of carbonyl (C=O) groups is 2. The van der Waals surface area contributed by atoms with Crippen molar-refractivity contribution in [1.82, 2.24) is 5.32 Å². The van der Waals surface area contributed by atoms with Crippen LogP contribution in [-0.2, 0) is 9.53 Å². The molecule has 0 aliphatic heterocycles. The summed E-state index contributed by atoms with van der Waals surface area (Å²) in [4.78, 5) is 22.2. The zero-order valence-electron chi connectivity index (χ0n) is 13.4. The van der Waals surface area contributed by atoms with Crippen LogP contribution in [0.2, 0.25) is 0 Å². The molecule has 1 rings (SSSR count). The van der Waals surface area contributed by atoms with Crippen molar-refractivity contribution in [3.8, 4) is 0 Å². The molecule has 1 amide bonds. The average molecular weight is 281 g/mol. The Morgan fingerprint density at radius 1 is 1.26 bits per heavy atom. The van der Waals surface area contributed by atoms with E-state index in [1.165, 1.54) is 0 Å². The van der Waals surface area contributed by atoms with E-state index in [0.717, 1.165) is 12.8 Å². The van der Waals surface area contributed by atoms with Crippen molar-refractivity contribution >= 4 is 12.1 Å². The molecule has 0 bridgehead atoms. The number of carboxylic acid groups (broad SMARTS) is 1. The molecule has 1 aliphatic carbocycles. The molecule has 106 valence electrons. The number of hydrogen-bond donors (Lipinski definition) is 2. The van der Waals surface area contributed by atoms with Crippen LogP contribution in [0.1, 0.15) is 47.9 Å². The van der Waals surface area contributed by atoms with Gasteiger partial charge in [-0.05, 0) is 52.4 Å². The average Bonchev–Trinajstić information content (AvgIpc) is 2.24. The molecular weight excluding hydrogens is 257 g/mol. The Hall–Kier alpha value is -0.260. The maximum atomic E-state index is 11.4. The molecule has 1 aliphatic rings. The third kappa shape index (κ3) is 7.80. The van der Waals surface area contributed by atoms with Gasteiger partial charge in [-0.2, -0.15) is 0 Å². The third-order valence-corrected chi connectivity index (χ3v) is 3.13. The van der Waals surface area contributed by atoms with Crippen molar-refractivity contribution in [2.24, 2.45) is 11.8 Å². The Morgan fingerprint density at radius 2 is 1.79 bits per heavy atom. The van der Waals surface area contributed by atoms with Crippen LogP contribution in [0, 0.1) is 11.8 Å². The molecule has 5 nitrogen and oxygen atoms in total. The molecule has 19 heavy (non-hydrogen) atoms. The summed E-state index contributed by atoms with van der Waals surface area (Å²) in [6, 6.07) is 0. The Labute approximate surface area is 138 Å². The molecule has 1 fully saturated rings. The number of alkyl carbamates (subject to hydrolysis) is 1. The summed E-state index contributed by atoms with van der Waals surface area (Å²) in [6.45, 7) is 6.04. The van der Waals surface area contributed by atoms with Gasteiger partial charge in [0.1, 0.15) is 5.60 Å². The zero-order chi connectivity index (χ0) is 13.8. The third-order valence-electron chi connectivity index (χ3n) is 3.13. The Kier molecular flexibility index (Phi) is 8.01. The predicted octanol–water partition coefficient (Wildman–Crippen LogP) is -0.481. The van der Waals surface area contributed by atoms with E-state index < -0.39 is 17.7 Å². The van der Waals surface area contributed by atoms with Gasteiger partial charge in [0, 0.05) is 6.54 Å². The van der Waals surface area contributed by atoms with Crippen molar-refractivity contribution in [2.45, 2.75) is 52.1 Å². The van der Waals surface area contributed by atoms with Gasteiger partial charge in [-0.1, -0.05) is 0 Å². The fourth-order valence-electron chi connectivity index (χ4n) is 2.16. The van der Waals surface area contributed by atoms with Crippen LogP contribution in [0.4, 0.5) is 4.79 Å². The van der Waals surface area contributed by atoms with Gasteiger partial charge >= 0.3 is 41.6 Å². The maximum Gasteiger partial charge on any atom is 1.00 e. The summed E-state index contributed by atoms with van der Waals surface area (Å²) in [5.74, 6) is -0.538. The molecule has 0 unspecified atom stereocenters. The first-order valence-electron chi connectivity index (χ1n) is 6.47. The number of aliphatic carboxylic acids is 1. The van der Waals surface area contributed by atoms with E-state index in [-0.39, 0.29) is 36.9 Å². The van der Waals surface area contributed by atoms with Gasteiger partial charge in [-0.25, -0.2) is 4.79 Å². The van der Waals surface area contributed by atoms with Crippen LogP contribution < -0.4 is 34.9 Å². The summed E-state index contributed by atoms with van der Waals surface area (Å²) in [5, 5.41) is 11.6. The molecule has 0 radical (unpaired) electrons. The fraction of sp³-hybridized carbons (Fsp3) is 0.846. The van der Waals surface area contributed by atoms with Gasteiger partial charge in [0.25, 0.3) is 0 Å². The monoisotopic (exact) mass is 281 g/mol. The van der Waals surface area contributed by atoms with Crippen molar-refractivity contribution < 1.29 is 50.4 Å². The van der Waals surface area contributed by atoms with E-state index in [9.17, 15) is 9.59 Å². The van der Waals surface area contributed by atoms with E-state index in [0.29, 0.717) is 25.3 Å². The Balaban J connectivity index is 0. The van der Waals surface area contributed by atoms with Crippen molar-refractivity contribution in [3.05, 3.63) is 0 Å². The standard InChI is InChI=1S/C13H23NO4.Na.H/c1-13(2,3)18-12(17)14-8-9-4-6-10(7-5-9)11(15)16;;/h9-10H,4-8H2,1-3H3,(H,14,17)(H,15,16);;/q;+1;-1. The van der Waals surface area contributed by atoms with Gasteiger partial charge in [-0.3, -0.25) is 4.79 Å². The second kappa shape index (κ2) is 8.12. The molecule has 0 aromatic carbocycles. The molecular formula is C13H24NNaO4. The smallest absolute Gasteiger partial charge is 1.00 e. The largest absolute Gasteiger partial charge is 1.00 e. The Bertz CT molecular complexity index is 312. The number of nitrogens with one attached hydrogen (secondary N) is 1. The van der Waals surface area contributed by atoms with Gasteiger partial charge < -0.3 is 16.6 Å². The van der Waals surface area contributed by atoms with Gasteiger partial charge in [0.05, 0.1) is 5.92 Å². The maximum absolute atomic E-state index is 11.4. The number of hydrogen-bond acceptors (Lipinski definition) is 3. The summed E-state index contributed by atoms with van der Waals surface area (Å²) >= 11 is 0. The van der Waals surface area contributed by atoms with Crippen LogP contribution in [0.3, 0.4) is 0 Å². The second-order valence-electron chi connectivity index (χ2n) is 5.94. The number of carbonyl (C=O) groups excluding carboxylic acids is 1. The molecule has 0 atom stereocenters.